The van der Waals surface area contributed by atoms with Gasteiger partial charge in [-0.1, -0.05) is 55.9 Å². The zero-order valence-corrected chi connectivity index (χ0v) is 19.5. The van der Waals surface area contributed by atoms with Crippen molar-refractivity contribution >= 4 is 35.1 Å². The Morgan fingerprint density at radius 2 is 1.87 bits per heavy atom. The second-order valence-electron chi connectivity index (χ2n) is 7.60. The third-order valence-corrected chi connectivity index (χ3v) is 6.81. The average molecular weight is 453 g/mol. The zero-order chi connectivity index (χ0) is 22.0. The van der Waals surface area contributed by atoms with Gasteiger partial charge in [0.25, 0.3) is 0 Å². The maximum absolute atomic E-state index is 12.8. The standard InChI is InChI=1S/C23H24N4O2S2/c1-14(2)13-31-23-24-21-20(25-26-23)18-7-5-6-8-19(18)27(15(3)28)22(29-21)16-9-11-17(30-4)12-10-16/h5-12,14,22H,13H2,1-4H3/t22-/m1/s1. The van der Waals surface area contributed by atoms with Crippen LogP contribution in [0.15, 0.2) is 58.6 Å². The molecular formula is C23H24N4O2S2. The van der Waals surface area contributed by atoms with Crippen LogP contribution in [0, 0.1) is 5.92 Å². The molecule has 0 saturated heterocycles. The predicted octanol–water partition coefficient (Wildman–Crippen LogP) is 5.45. The average Bonchev–Trinajstić information content (AvgIpc) is 2.92. The monoisotopic (exact) mass is 452 g/mol. The summed E-state index contributed by atoms with van der Waals surface area (Å²) in [6.07, 6.45) is 1.38. The van der Waals surface area contributed by atoms with Gasteiger partial charge >= 0.3 is 0 Å². The second-order valence-corrected chi connectivity index (χ2v) is 9.47. The normalized spacial score (nSPS) is 15.1. The van der Waals surface area contributed by atoms with Crippen LogP contribution in [-0.4, -0.2) is 33.1 Å². The van der Waals surface area contributed by atoms with E-state index in [0.29, 0.717) is 22.6 Å². The number of nitrogens with zero attached hydrogens (tertiary/aromatic N) is 4. The molecule has 1 aliphatic heterocycles. The van der Waals surface area contributed by atoms with Gasteiger partial charge in [0, 0.05) is 28.7 Å². The number of para-hydroxylation sites is 1. The summed E-state index contributed by atoms with van der Waals surface area (Å²) >= 11 is 3.22. The molecule has 160 valence electrons. The number of hydrogen-bond donors (Lipinski definition) is 0. The lowest BCUT2D eigenvalue weighted by Crippen LogP contribution is -2.36. The molecule has 0 fully saturated rings. The van der Waals surface area contributed by atoms with Gasteiger partial charge in [-0.15, -0.1) is 22.0 Å². The van der Waals surface area contributed by atoms with E-state index in [9.17, 15) is 4.79 Å². The van der Waals surface area contributed by atoms with Gasteiger partial charge in [-0.3, -0.25) is 9.69 Å². The first-order chi connectivity index (χ1) is 15.0. The van der Waals surface area contributed by atoms with Gasteiger partial charge in [-0.2, -0.15) is 4.98 Å². The molecule has 2 heterocycles. The number of benzene rings is 2. The molecule has 6 nitrogen and oxygen atoms in total. The van der Waals surface area contributed by atoms with E-state index in [1.54, 1.807) is 35.3 Å². The number of hydrogen-bond acceptors (Lipinski definition) is 7. The Kier molecular flexibility index (Phi) is 6.48. The van der Waals surface area contributed by atoms with Crippen molar-refractivity contribution in [3.8, 4) is 17.1 Å². The fraction of sp³-hybridized carbons (Fsp3) is 0.304. The smallest absolute Gasteiger partial charge is 0.247 e. The maximum atomic E-state index is 12.8. The molecule has 1 amide bonds. The molecule has 0 bridgehead atoms. The van der Waals surface area contributed by atoms with Crippen molar-refractivity contribution in [1.29, 1.82) is 0 Å². The molecule has 0 saturated carbocycles. The maximum Gasteiger partial charge on any atom is 0.247 e. The largest absolute Gasteiger partial charge is 0.447 e. The first kappa shape index (κ1) is 21.6. The van der Waals surface area contributed by atoms with E-state index in [-0.39, 0.29) is 5.91 Å². The molecule has 0 spiro atoms. The predicted molar refractivity (Wildman–Crippen MR) is 126 cm³/mol. The highest BCUT2D eigenvalue weighted by Crippen LogP contribution is 2.43. The first-order valence-corrected chi connectivity index (χ1v) is 12.3. The summed E-state index contributed by atoms with van der Waals surface area (Å²) < 4.78 is 6.39. The van der Waals surface area contributed by atoms with Gasteiger partial charge in [0.05, 0.1) is 5.69 Å². The van der Waals surface area contributed by atoms with E-state index in [2.05, 4.69) is 29.0 Å². The highest BCUT2D eigenvalue weighted by atomic mass is 32.2. The van der Waals surface area contributed by atoms with Gasteiger partial charge in [0.2, 0.25) is 23.2 Å². The lowest BCUT2D eigenvalue weighted by molar-refractivity contribution is -0.118. The summed E-state index contributed by atoms with van der Waals surface area (Å²) in [4.78, 5) is 20.3. The molecule has 8 heteroatoms. The molecule has 0 radical (unpaired) electrons. The number of ether oxygens (including phenoxy) is 1. The minimum atomic E-state index is -0.657. The Labute approximate surface area is 190 Å². The van der Waals surface area contributed by atoms with E-state index in [1.807, 2.05) is 54.8 Å². The molecule has 2 aromatic carbocycles. The van der Waals surface area contributed by atoms with Crippen molar-refractivity contribution in [2.45, 2.75) is 37.1 Å². The Morgan fingerprint density at radius 1 is 1.13 bits per heavy atom. The lowest BCUT2D eigenvalue weighted by atomic mass is 10.1. The zero-order valence-electron chi connectivity index (χ0n) is 17.9. The molecule has 0 unspecified atom stereocenters. The van der Waals surface area contributed by atoms with Crippen molar-refractivity contribution in [2.24, 2.45) is 5.92 Å². The van der Waals surface area contributed by atoms with Crippen molar-refractivity contribution in [2.75, 3.05) is 16.9 Å². The molecule has 0 N–H and O–H groups in total. The second kappa shape index (κ2) is 9.28. The van der Waals surface area contributed by atoms with Gasteiger partial charge < -0.3 is 4.74 Å². The lowest BCUT2D eigenvalue weighted by Gasteiger charge is -2.30. The summed E-state index contributed by atoms with van der Waals surface area (Å²) in [5, 5.41) is 9.33. The van der Waals surface area contributed by atoms with E-state index < -0.39 is 6.23 Å². The Morgan fingerprint density at radius 3 is 2.55 bits per heavy atom. The summed E-state index contributed by atoms with van der Waals surface area (Å²) in [6.45, 7) is 5.84. The number of amides is 1. The molecule has 3 aromatic rings. The number of fused-ring (bicyclic) bond motifs is 3. The first-order valence-electron chi connectivity index (χ1n) is 10.0. The van der Waals surface area contributed by atoms with Crippen LogP contribution in [0.2, 0.25) is 0 Å². The highest BCUT2D eigenvalue weighted by molar-refractivity contribution is 7.99. The summed E-state index contributed by atoms with van der Waals surface area (Å²) in [6, 6.07) is 15.7. The van der Waals surface area contributed by atoms with Crippen molar-refractivity contribution in [3.05, 3.63) is 54.1 Å². The summed E-state index contributed by atoms with van der Waals surface area (Å²) in [5.74, 6) is 1.65. The molecule has 1 atom stereocenters. The van der Waals surface area contributed by atoms with E-state index in [1.165, 1.54) is 0 Å². The van der Waals surface area contributed by atoms with Crippen molar-refractivity contribution in [3.63, 3.8) is 0 Å². The van der Waals surface area contributed by atoms with Crippen LogP contribution < -0.4 is 9.64 Å². The van der Waals surface area contributed by atoms with Crippen LogP contribution in [0.25, 0.3) is 11.3 Å². The molecule has 4 rings (SSSR count). The van der Waals surface area contributed by atoms with Crippen LogP contribution in [0.4, 0.5) is 5.69 Å². The highest BCUT2D eigenvalue weighted by Gasteiger charge is 2.34. The fourth-order valence-corrected chi connectivity index (χ4v) is 4.48. The molecular weight excluding hydrogens is 428 g/mol. The minimum absolute atomic E-state index is 0.124. The van der Waals surface area contributed by atoms with Crippen molar-refractivity contribution < 1.29 is 9.53 Å². The van der Waals surface area contributed by atoms with Crippen molar-refractivity contribution in [1.82, 2.24) is 15.2 Å². The Balaban J connectivity index is 1.85. The van der Waals surface area contributed by atoms with Gasteiger partial charge in [-0.05, 0) is 30.4 Å². The number of anilines is 1. The molecule has 1 aliphatic rings. The number of rotatable bonds is 5. The topological polar surface area (TPSA) is 68.2 Å². The molecule has 0 aliphatic carbocycles. The summed E-state index contributed by atoms with van der Waals surface area (Å²) in [5.41, 5.74) is 2.91. The minimum Gasteiger partial charge on any atom is -0.447 e. The SMILES string of the molecule is CSc1ccc([C@H]2Oc3nc(SCC(C)C)nnc3-c3ccccc3N2C(C)=O)cc1. The van der Waals surface area contributed by atoms with Crippen LogP contribution in [-0.2, 0) is 4.79 Å². The van der Waals surface area contributed by atoms with Crippen LogP contribution in [0.1, 0.15) is 32.6 Å². The quantitative estimate of drug-likeness (QED) is 0.477. The number of aromatic nitrogens is 3. The van der Waals surface area contributed by atoms with Gasteiger partial charge in [-0.25, -0.2) is 0 Å². The third-order valence-electron chi connectivity index (χ3n) is 4.80. The number of carbonyl (C=O) groups excluding carboxylic acids is 1. The van der Waals surface area contributed by atoms with Gasteiger partial charge in [0.15, 0.2) is 5.69 Å². The fourth-order valence-electron chi connectivity index (χ4n) is 3.34. The summed E-state index contributed by atoms with van der Waals surface area (Å²) in [7, 11) is 0. The Hall–Kier alpha value is -2.58. The van der Waals surface area contributed by atoms with Crippen LogP contribution in [0.5, 0.6) is 5.88 Å². The third kappa shape index (κ3) is 4.55. The number of carbonyl (C=O) groups is 1. The Bertz CT molecular complexity index is 1090. The van der Waals surface area contributed by atoms with Crippen LogP contribution in [0.3, 0.4) is 0 Å². The van der Waals surface area contributed by atoms with E-state index in [4.69, 9.17) is 4.74 Å². The van der Waals surface area contributed by atoms with Crippen LogP contribution >= 0.6 is 23.5 Å². The van der Waals surface area contributed by atoms with E-state index >= 15 is 0 Å². The van der Waals surface area contributed by atoms with E-state index in [0.717, 1.165) is 27.5 Å². The van der Waals surface area contributed by atoms with Gasteiger partial charge in [0.1, 0.15) is 0 Å². The number of thioether (sulfide) groups is 2. The molecule has 1 aromatic heterocycles. The molecule has 31 heavy (non-hydrogen) atoms.